The van der Waals surface area contributed by atoms with Crippen LogP contribution >= 0.6 is 12.4 Å². The van der Waals surface area contributed by atoms with Gasteiger partial charge in [0.1, 0.15) is 0 Å². The van der Waals surface area contributed by atoms with E-state index in [1.807, 2.05) is 0 Å². The van der Waals surface area contributed by atoms with Gasteiger partial charge in [0, 0.05) is 37.6 Å². The topological polar surface area (TPSA) is 47.1 Å². The molecule has 0 aliphatic carbocycles. The number of halogens is 1. The molecule has 1 fully saturated rings. The van der Waals surface area contributed by atoms with Crippen LogP contribution in [0.4, 0.5) is 0 Å². The first-order valence-corrected chi connectivity index (χ1v) is 6.70. The zero-order valence-electron chi connectivity index (χ0n) is 11.2. The molecule has 5 heteroatoms. The van der Waals surface area contributed by atoms with E-state index >= 15 is 0 Å². The largest absolute Gasteiger partial charge is 0.326 e. The number of para-hydroxylation sites is 1. The second-order valence-electron chi connectivity index (χ2n) is 5.06. The molecule has 0 spiro atoms. The zero-order chi connectivity index (χ0) is 12.5. The van der Waals surface area contributed by atoms with Crippen LogP contribution in [0.5, 0.6) is 0 Å². The molecule has 3 rings (SSSR count). The van der Waals surface area contributed by atoms with Gasteiger partial charge in [0.05, 0.1) is 11.2 Å². The number of hydrogen-bond donors (Lipinski definition) is 1. The van der Waals surface area contributed by atoms with Gasteiger partial charge in [-0.25, -0.2) is 0 Å². The first-order valence-electron chi connectivity index (χ1n) is 6.70. The third-order valence-corrected chi connectivity index (χ3v) is 3.72. The number of fused-ring (bicyclic) bond motifs is 1. The molecule has 1 aromatic carbocycles. The standard InChI is InChI=1S/C14H20N4.ClH/c1-2-18-14-6-4-3-5-12(14)13(16-18)10-17-8-7-11(15)9-17;/h3-6,11H,2,7-10,15H2,1H3;1H/t11-;/m1./s1. The molecular weight excluding hydrogens is 260 g/mol. The van der Waals surface area contributed by atoms with Crippen molar-refractivity contribution in [3.63, 3.8) is 0 Å². The quantitative estimate of drug-likeness (QED) is 0.936. The zero-order valence-corrected chi connectivity index (χ0v) is 12.1. The summed E-state index contributed by atoms with van der Waals surface area (Å²) < 4.78 is 2.08. The van der Waals surface area contributed by atoms with Crippen LogP contribution < -0.4 is 5.73 Å². The van der Waals surface area contributed by atoms with Gasteiger partial charge in [0.15, 0.2) is 0 Å². The summed E-state index contributed by atoms with van der Waals surface area (Å²) in [7, 11) is 0. The third-order valence-electron chi connectivity index (χ3n) is 3.72. The van der Waals surface area contributed by atoms with E-state index in [-0.39, 0.29) is 12.4 Å². The van der Waals surface area contributed by atoms with Gasteiger partial charge in [-0.05, 0) is 19.4 Å². The second-order valence-corrected chi connectivity index (χ2v) is 5.06. The van der Waals surface area contributed by atoms with Gasteiger partial charge in [0.25, 0.3) is 0 Å². The Morgan fingerprint density at radius 1 is 1.37 bits per heavy atom. The molecule has 1 atom stereocenters. The lowest BCUT2D eigenvalue weighted by Crippen LogP contribution is -2.26. The average Bonchev–Trinajstić information content (AvgIpc) is 2.95. The van der Waals surface area contributed by atoms with Crippen molar-refractivity contribution in [1.29, 1.82) is 0 Å². The molecule has 0 radical (unpaired) electrons. The summed E-state index contributed by atoms with van der Waals surface area (Å²) in [6, 6.07) is 8.81. The predicted molar refractivity (Wildman–Crippen MR) is 80.5 cm³/mol. The van der Waals surface area contributed by atoms with E-state index < -0.39 is 0 Å². The van der Waals surface area contributed by atoms with E-state index in [4.69, 9.17) is 10.8 Å². The number of likely N-dealkylation sites (tertiary alicyclic amines) is 1. The molecule has 1 saturated heterocycles. The molecule has 104 valence electrons. The van der Waals surface area contributed by atoms with Gasteiger partial charge in [-0.15, -0.1) is 12.4 Å². The molecule has 19 heavy (non-hydrogen) atoms. The van der Waals surface area contributed by atoms with E-state index in [2.05, 4.69) is 40.8 Å². The van der Waals surface area contributed by atoms with Crippen LogP contribution in [0.15, 0.2) is 24.3 Å². The smallest absolute Gasteiger partial charge is 0.0843 e. The number of rotatable bonds is 3. The van der Waals surface area contributed by atoms with Crippen LogP contribution in [0, 0.1) is 0 Å². The monoisotopic (exact) mass is 280 g/mol. The molecular formula is C14H21ClN4. The minimum Gasteiger partial charge on any atom is -0.326 e. The number of aryl methyl sites for hydroxylation is 1. The minimum atomic E-state index is 0. The van der Waals surface area contributed by atoms with E-state index in [9.17, 15) is 0 Å². The fourth-order valence-corrected chi connectivity index (χ4v) is 2.77. The Morgan fingerprint density at radius 2 is 2.16 bits per heavy atom. The lowest BCUT2D eigenvalue weighted by molar-refractivity contribution is 0.322. The fraction of sp³-hybridized carbons (Fsp3) is 0.500. The lowest BCUT2D eigenvalue weighted by Gasteiger charge is -2.13. The summed E-state index contributed by atoms with van der Waals surface area (Å²) in [5, 5.41) is 6.01. The number of aromatic nitrogens is 2. The minimum absolute atomic E-state index is 0. The Labute approximate surface area is 120 Å². The van der Waals surface area contributed by atoms with Crippen molar-refractivity contribution in [2.24, 2.45) is 5.73 Å². The van der Waals surface area contributed by atoms with E-state index in [1.165, 1.54) is 16.6 Å². The van der Waals surface area contributed by atoms with Crippen molar-refractivity contribution in [2.45, 2.75) is 32.5 Å². The second kappa shape index (κ2) is 5.90. The Kier molecular flexibility index (Phi) is 4.45. The molecule has 2 aromatic rings. The van der Waals surface area contributed by atoms with Crippen molar-refractivity contribution >= 4 is 23.3 Å². The number of nitrogens with zero attached hydrogens (tertiary/aromatic N) is 3. The number of nitrogens with two attached hydrogens (primary N) is 1. The molecule has 0 bridgehead atoms. The van der Waals surface area contributed by atoms with Gasteiger partial charge < -0.3 is 5.73 Å². The Morgan fingerprint density at radius 3 is 2.84 bits per heavy atom. The molecule has 2 N–H and O–H groups in total. The summed E-state index contributed by atoms with van der Waals surface area (Å²) in [6.07, 6.45) is 1.10. The van der Waals surface area contributed by atoms with Crippen molar-refractivity contribution in [3.05, 3.63) is 30.0 Å². The maximum atomic E-state index is 5.96. The first kappa shape index (κ1) is 14.3. The van der Waals surface area contributed by atoms with Gasteiger partial charge in [0.2, 0.25) is 0 Å². The SMILES string of the molecule is CCn1nc(CN2CC[C@@H](N)C2)c2ccccc21.Cl. The number of benzene rings is 1. The highest BCUT2D eigenvalue weighted by Crippen LogP contribution is 2.21. The molecule has 2 heterocycles. The van der Waals surface area contributed by atoms with Crippen LogP contribution in [-0.2, 0) is 13.1 Å². The van der Waals surface area contributed by atoms with Gasteiger partial charge in [-0.2, -0.15) is 5.10 Å². The summed E-state index contributed by atoms with van der Waals surface area (Å²) >= 11 is 0. The summed E-state index contributed by atoms with van der Waals surface area (Å²) in [6.45, 7) is 6.05. The van der Waals surface area contributed by atoms with Crippen LogP contribution in [0.3, 0.4) is 0 Å². The Bertz CT molecular complexity index is 551. The molecule has 1 aliphatic rings. The maximum Gasteiger partial charge on any atom is 0.0843 e. The summed E-state index contributed by atoms with van der Waals surface area (Å²) in [5.41, 5.74) is 8.37. The van der Waals surface area contributed by atoms with Crippen molar-refractivity contribution in [1.82, 2.24) is 14.7 Å². The van der Waals surface area contributed by atoms with Crippen LogP contribution in [0.25, 0.3) is 10.9 Å². The molecule has 1 aliphatic heterocycles. The Hall–Kier alpha value is -1.10. The molecule has 4 nitrogen and oxygen atoms in total. The highest BCUT2D eigenvalue weighted by atomic mass is 35.5. The van der Waals surface area contributed by atoms with Crippen molar-refractivity contribution in [2.75, 3.05) is 13.1 Å². The van der Waals surface area contributed by atoms with E-state index in [0.717, 1.165) is 32.6 Å². The normalized spacial score (nSPS) is 19.8. The van der Waals surface area contributed by atoms with Gasteiger partial charge >= 0.3 is 0 Å². The third kappa shape index (κ3) is 2.76. The molecule has 0 saturated carbocycles. The predicted octanol–water partition coefficient (Wildman–Crippen LogP) is 2.01. The molecule has 1 aromatic heterocycles. The maximum absolute atomic E-state index is 5.96. The Balaban J connectivity index is 0.00000133. The average molecular weight is 281 g/mol. The van der Waals surface area contributed by atoms with E-state index in [1.54, 1.807) is 0 Å². The molecule has 0 unspecified atom stereocenters. The van der Waals surface area contributed by atoms with Crippen LogP contribution in [0.2, 0.25) is 0 Å². The van der Waals surface area contributed by atoms with Crippen LogP contribution in [0.1, 0.15) is 19.0 Å². The van der Waals surface area contributed by atoms with Crippen molar-refractivity contribution < 1.29 is 0 Å². The fourth-order valence-electron chi connectivity index (χ4n) is 2.77. The first-order chi connectivity index (χ1) is 8.78. The summed E-state index contributed by atoms with van der Waals surface area (Å²) in [5.74, 6) is 0. The van der Waals surface area contributed by atoms with Gasteiger partial charge in [-0.1, -0.05) is 18.2 Å². The van der Waals surface area contributed by atoms with Crippen molar-refractivity contribution in [3.8, 4) is 0 Å². The van der Waals surface area contributed by atoms with Crippen LogP contribution in [-0.4, -0.2) is 33.8 Å². The number of hydrogen-bond acceptors (Lipinski definition) is 3. The summed E-state index contributed by atoms with van der Waals surface area (Å²) in [4.78, 5) is 2.40. The van der Waals surface area contributed by atoms with E-state index in [0.29, 0.717) is 6.04 Å². The lowest BCUT2D eigenvalue weighted by atomic mass is 10.2. The van der Waals surface area contributed by atoms with Gasteiger partial charge in [-0.3, -0.25) is 9.58 Å². The highest BCUT2D eigenvalue weighted by Gasteiger charge is 2.21. The molecule has 0 amide bonds. The highest BCUT2D eigenvalue weighted by molar-refractivity contribution is 5.85.